The van der Waals surface area contributed by atoms with Crippen molar-refractivity contribution in [2.24, 2.45) is 11.8 Å². The molecule has 1 aromatic heterocycles. The first-order valence-corrected chi connectivity index (χ1v) is 4.63. The van der Waals surface area contributed by atoms with Crippen LogP contribution in [0.2, 0.25) is 5.02 Å². The van der Waals surface area contributed by atoms with Crippen LogP contribution in [0.1, 0.15) is 13.8 Å². The van der Waals surface area contributed by atoms with E-state index in [1.807, 2.05) is 13.8 Å². The number of ether oxygens (including phenoxy) is 1. The van der Waals surface area contributed by atoms with Crippen LogP contribution in [0.15, 0.2) is 6.20 Å². The highest BCUT2D eigenvalue weighted by molar-refractivity contribution is 6.31. The topological polar surface area (TPSA) is 73.1 Å². The van der Waals surface area contributed by atoms with Gasteiger partial charge in [-0.2, -0.15) is 4.98 Å². The number of hydrogen-bond donors (Lipinski definition) is 2. The molecule has 0 saturated heterocycles. The first-order valence-electron chi connectivity index (χ1n) is 4.25. The van der Waals surface area contributed by atoms with Gasteiger partial charge in [-0.05, 0) is 5.92 Å². The third-order valence-corrected chi connectivity index (χ3v) is 1.65. The molecule has 1 heterocycles. The molecule has 14 heavy (non-hydrogen) atoms. The van der Waals surface area contributed by atoms with Crippen LogP contribution in [0.5, 0.6) is 5.88 Å². The van der Waals surface area contributed by atoms with Crippen molar-refractivity contribution >= 4 is 17.5 Å². The van der Waals surface area contributed by atoms with E-state index in [4.69, 9.17) is 22.2 Å². The van der Waals surface area contributed by atoms with Crippen LogP contribution in [0.3, 0.4) is 0 Å². The van der Waals surface area contributed by atoms with E-state index in [2.05, 4.69) is 15.4 Å². The van der Waals surface area contributed by atoms with E-state index in [0.717, 1.165) is 0 Å². The van der Waals surface area contributed by atoms with E-state index in [0.29, 0.717) is 23.4 Å². The zero-order valence-corrected chi connectivity index (χ0v) is 8.88. The lowest BCUT2D eigenvalue weighted by atomic mass is 10.2. The molecule has 0 aliphatic rings. The lowest BCUT2D eigenvalue weighted by Gasteiger charge is -2.09. The van der Waals surface area contributed by atoms with Gasteiger partial charge >= 0.3 is 0 Å². The second-order valence-electron chi connectivity index (χ2n) is 3.20. The number of nitrogens with one attached hydrogen (secondary N) is 1. The van der Waals surface area contributed by atoms with Crippen LogP contribution in [-0.4, -0.2) is 16.6 Å². The largest absolute Gasteiger partial charge is 0.476 e. The number of hydrazine groups is 1. The molecule has 0 unspecified atom stereocenters. The Morgan fingerprint density at radius 1 is 1.64 bits per heavy atom. The zero-order chi connectivity index (χ0) is 10.6. The smallest absolute Gasteiger partial charge is 0.240 e. The Morgan fingerprint density at radius 3 is 2.93 bits per heavy atom. The molecular weight excluding hydrogens is 204 g/mol. The molecule has 1 rings (SSSR count). The summed E-state index contributed by atoms with van der Waals surface area (Å²) in [5.41, 5.74) is 2.32. The van der Waals surface area contributed by atoms with Gasteiger partial charge in [0.05, 0.1) is 12.8 Å². The fraction of sp³-hybridized carbons (Fsp3) is 0.500. The number of aromatic nitrogens is 2. The fourth-order valence-electron chi connectivity index (χ4n) is 0.768. The maximum absolute atomic E-state index is 5.82. The minimum absolute atomic E-state index is 0.285. The molecule has 0 bridgehead atoms. The predicted molar refractivity (Wildman–Crippen MR) is 55.2 cm³/mol. The van der Waals surface area contributed by atoms with Gasteiger partial charge in [0.1, 0.15) is 5.02 Å². The summed E-state index contributed by atoms with van der Waals surface area (Å²) in [4.78, 5) is 7.79. The highest BCUT2D eigenvalue weighted by Gasteiger charge is 2.06. The monoisotopic (exact) mass is 216 g/mol. The molecule has 0 amide bonds. The molecular formula is C8H13ClN4O. The SMILES string of the molecule is CC(C)COc1nc(NN)ncc1Cl. The minimum Gasteiger partial charge on any atom is -0.476 e. The number of hydrogen-bond acceptors (Lipinski definition) is 5. The van der Waals surface area contributed by atoms with Crippen molar-refractivity contribution in [2.45, 2.75) is 13.8 Å². The van der Waals surface area contributed by atoms with E-state index in [-0.39, 0.29) is 5.95 Å². The van der Waals surface area contributed by atoms with Crippen molar-refractivity contribution in [3.8, 4) is 5.88 Å². The first kappa shape index (κ1) is 11.0. The summed E-state index contributed by atoms with van der Waals surface area (Å²) in [6.45, 7) is 4.63. The Bertz CT molecular complexity index is 305. The number of nitrogens with zero attached hydrogens (tertiary/aromatic N) is 2. The van der Waals surface area contributed by atoms with Crippen molar-refractivity contribution in [3.63, 3.8) is 0 Å². The van der Waals surface area contributed by atoms with E-state index >= 15 is 0 Å². The molecule has 3 N–H and O–H groups in total. The Kier molecular flexibility index (Phi) is 3.91. The molecule has 0 radical (unpaired) electrons. The van der Waals surface area contributed by atoms with Crippen molar-refractivity contribution in [1.82, 2.24) is 9.97 Å². The molecule has 0 saturated carbocycles. The number of rotatable bonds is 4. The standard InChI is InChI=1S/C8H13ClN4O/c1-5(2)4-14-7-6(9)3-11-8(12-7)13-10/h3,5H,4,10H2,1-2H3,(H,11,12,13). The second kappa shape index (κ2) is 4.97. The zero-order valence-electron chi connectivity index (χ0n) is 8.12. The first-order chi connectivity index (χ1) is 6.63. The van der Waals surface area contributed by atoms with E-state index in [9.17, 15) is 0 Å². The Balaban J connectivity index is 2.73. The predicted octanol–water partition coefficient (Wildman–Crippen LogP) is 1.45. The van der Waals surface area contributed by atoms with Crippen molar-refractivity contribution < 1.29 is 4.74 Å². The van der Waals surface area contributed by atoms with Gasteiger partial charge in [-0.15, -0.1) is 0 Å². The van der Waals surface area contributed by atoms with Gasteiger partial charge in [-0.25, -0.2) is 10.8 Å². The fourth-order valence-corrected chi connectivity index (χ4v) is 0.913. The summed E-state index contributed by atoms with van der Waals surface area (Å²) >= 11 is 5.82. The van der Waals surface area contributed by atoms with Crippen LogP contribution >= 0.6 is 11.6 Å². The lowest BCUT2D eigenvalue weighted by molar-refractivity contribution is 0.261. The Labute approximate surface area is 87.6 Å². The number of nitrogens with two attached hydrogens (primary N) is 1. The summed E-state index contributed by atoms with van der Waals surface area (Å²) in [5, 5.41) is 0.379. The van der Waals surface area contributed by atoms with Gasteiger partial charge in [0.2, 0.25) is 11.8 Å². The Morgan fingerprint density at radius 2 is 2.36 bits per heavy atom. The normalized spacial score (nSPS) is 10.4. The van der Waals surface area contributed by atoms with Crippen LogP contribution in [0.4, 0.5) is 5.95 Å². The average Bonchev–Trinajstić information content (AvgIpc) is 2.16. The number of halogens is 1. The molecule has 0 spiro atoms. The average molecular weight is 217 g/mol. The lowest BCUT2D eigenvalue weighted by Crippen LogP contribution is -2.12. The van der Waals surface area contributed by atoms with Gasteiger partial charge in [-0.3, -0.25) is 5.43 Å². The van der Waals surface area contributed by atoms with E-state index in [1.54, 1.807) is 0 Å². The summed E-state index contributed by atoms with van der Waals surface area (Å²) < 4.78 is 5.36. The number of nitrogen functional groups attached to an aromatic ring is 1. The molecule has 0 aliphatic carbocycles. The van der Waals surface area contributed by atoms with Crippen molar-refractivity contribution in [2.75, 3.05) is 12.0 Å². The van der Waals surface area contributed by atoms with Gasteiger partial charge in [-0.1, -0.05) is 25.4 Å². The molecule has 0 atom stereocenters. The summed E-state index contributed by atoms with van der Waals surface area (Å²) in [5.74, 6) is 6.20. The highest BCUT2D eigenvalue weighted by atomic mass is 35.5. The second-order valence-corrected chi connectivity index (χ2v) is 3.60. The summed E-state index contributed by atoms with van der Waals surface area (Å²) in [6.07, 6.45) is 1.44. The van der Waals surface area contributed by atoms with Crippen LogP contribution in [-0.2, 0) is 0 Å². The van der Waals surface area contributed by atoms with Crippen LogP contribution < -0.4 is 16.0 Å². The molecule has 0 aromatic carbocycles. The van der Waals surface area contributed by atoms with Crippen molar-refractivity contribution in [1.29, 1.82) is 0 Å². The van der Waals surface area contributed by atoms with Crippen LogP contribution in [0.25, 0.3) is 0 Å². The molecule has 6 heteroatoms. The molecule has 0 fully saturated rings. The third-order valence-electron chi connectivity index (χ3n) is 1.39. The maximum Gasteiger partial charge on any atom is 0.240 e. The van der Waals surface area contributed by atoms with Crippen molar-refractivity contribution in [3.05, 3.63) is 11.2 Å². The van der Waals surface area contributed by atoms with E-state index < -0.39 is 0 Å². The van der Waals surface area contributed by atoms with Gasteiger partial charge in [0.15, 0.2) is 0 Å². The Hall–Kier alpha value is -1.07. The maximum atomic E-state index is 5.82. The summed E-state index contributed by atoms with van der Waals surface area (Å²) in [7, 11) is 0. The summed E-state index contributed by atoms with van der Waals surface area (Å²) in [6, 6.07) is 0. The molecule has 78 valence electrons. The number of anilines is 1. The van der Waals surface area contributed by atoms with Gasteiger partial charge < -0.3 is 4.74 Å². The molecule has 5 nitrogen and oxygen atoms in total. The van der Waals surface area contributed by atoms with E-state index in [1.165, 1.54) is 6.20 Å². The quantitative estimate of drug-likeness (QED) is 0.589. The molecule has 0 aliphatic heterocycles. The van der Waals surface area contributed by atoms with Crippen LogP contribution in [0, 0.1) is 5.92 Å². The molecule has 1 aromatic rings. The third kappa shape index (κ3) is 3.01. The van der Waals surface area contributed by atoms with Gasteiger partial charge in [0.25, 0.3) is 0 Å². The highest BCUT2D eigenvalue weighted by Crippen LogP contribution is 2.21. The minimum atomic E-state index is 0.285. The van der Waals surface area contributed by atoms with Gasteiger partial charge in [0, 0.05) is 0 Å².